The fraction of sp³-hybridized carbons (Fsp3) is 0.350. The molecule has 0 aliphatic carbocycles. The van der Waals surface area contributed by atoms with Crippen LogP contribution in [0.5, 0.6) is 11.5 Å². The largest absolute Gasteiger partial charge is 0.454 e. The molecular weight excluding hydrogens is 348 g/mol. The summed E-state index contributed by atoms with van der Waals surface area (Å²) in [5, 5.41) is 3.04. The number of aryl methyl sites for hydroxylation is 1. The van der Waals surface area contributed by atoms with E-state index < -0.39 is 0 Å². The molecule has 0 bridgehead atoms. The Balaban J connectivity index is 1.48. The Labute approximate surface area is 157 Å². The Morgan fingerprint density at radius 3 is 2.77 bits per heavy atom. The number of carbonyl (C=O) groups excluding carboxylic acids is 1. The van der Waals surface area contributed by atoms with Crippen molar-refractivity contribution >= 4 is 23.4 Å². The summed E-state index contributed by atoms with van der Waals surface area (Å²) in [6, 6.07) is 11.6. The Hall–Kier alpha value is -2.18. The van der Waals surface area contributed by atoms with Gasteiger partial charge in [0.1, 0.15) is 0 Å². The number of nitrogens with zero attached hydrogens (tertiary/aromatic N) is 1. The predicted molar refractivity (Wildman–Crippen MR) is 104 cm³/mol. The maximum absolute atomic E-state index is 12.6. The van der Waals surface area contributed by atoms with E-state index in [2.05, 4.69) is 28.4 Å². The number of hydrogen-bond acceptors (Lipinski definition) is 5. The highest BCUT2D eigenvalue weighted by Crippen LogP contribution is 2.32. The smallest absolute Gasteiger partial charge is 0.255 e. The summed E-state index contributed by atoms with van der Waals surface area (Å²) >= 11 is 2.01. The third kappa shape index (κ3) is 3.81. The van der Waals surface area contributed by atoms with Crippen molar-refractivity contribution in [2.24, 2.45) is 0 Å². The van der Waals surface area contributed by atoms with Crippen molar-refractivity contribution < 1.29 is 14.3 Å². The molecule has 5 nitrogen and oxygen atoms in total. The van der Waals surface area contributed by atoms with Crippen LogP contribution in [0.1, 0.15) is 21.5 Å². The van der Waals surface area contributed by atoms with E-state index in [0.29, 0.717) is 17.1 Å². The second kappa shape index (κ2) is 7.60. The molecule has 1 saturated heterocycles. The van der Waals surface area contributed by atoms with Crippen molar-refractivity contribution in [2.75, 3.05) is 36.7 Å². The Kier molecular flexibility index (Phi) is 5.04. The molecule has 1 fully saturated rings. The summed E-state index contributed by atoms with van der Waals surface area (Å²) in [6.45, 7) is 5.38. The number of ether oxygens (including phenoxy) is 2. The number of fused-ring (bicyclic) bond motifs is 1. The highest BCUT2D eigenvalue weighted by Gasteiger charge is 2.17. The first-order valence-electron chi connectivity index (χ1n) is 8.80. The van der Waals surface area contributed by atoms with E-state index in [1.165, 1.54) is 17.1 Å². The summed E-state index contributed by atoms with van der Waals surface area (Å²) in [7, 11) is 0. The average molecular weight is 370 g/mol. The van der Waals surface area contributed by atoms with Gasteiger partial charge in [0.15, 0.2) is 11.5 Å². The second-order valence-corrected chi connectivity index (χ2v) is 7.78. The van der Waals surface area contributed by atoms with Crippen molar-refractivity contribution in [3.05, 3.63) is 53.1 Å². The molecule has 0 radical (unpaired) electrons. The number of rotatable bonds is 4. The number of amides is 1. The van der Waals surface area contributed by atoms with Gasteiger partial charge in [-0.05, 0) is 42.3 Å². The molecule has 0 aromatic heterocycles. The lowest BCUT2D eigenvalue weighted by molar-refractivity contribution is 0.102. The van der Waals surface area contributed by atoms with Crippen LogP contribution in [0.15, 0.2) is 36.4 Å². The molecule has 0 unspecified atom stereocenters. The molecule has 6 heteroatoms. The molecule has 2 aromatic carbocycles. The van der Waals surface area contributed by atoms with Gasteiger partial charge in [-0.15, -0.1) is 0 Å². The standard InChI is InChI=1S/C20H22N2O3S/c1-14-2-3-15(12-22-6-8-26-9-7-22)10-17(14)21-20(23)16-4-5-18-19(11-16)25-13-24-18/h2-5,10-11H,6-9,12-13H2,1H3,(H,21,23). The van der Waals surface area contributed by atoms with Crippen LogP contribution in [0.2, 0.25) is 0 Å². The van der Waals surface area contributed by atoms with Crippen LogP contribution in [0.3, 0.4) is 0 Å². The fourth-order valence-corrected chi connectivity index (χ4v) is 4.13. The average Bonchev–Trinajstić information content (AvgIpc) is 3.13. The van der Waals surface area contributed by atoms with Crippen LogP contribution in [0.25, 0.3) is 0 Å². The Morgan fingerprint density at radius 1 is 1.12 bits per heavy atom. The van der Waals surface area contributed by atoms with Crippen LogP contribution >= 0.6 is 11.8 Å². The van der Waals surface area contributed by atoms with Crippen molar-refractivity contribution in [1.29, 1.82) is 0 Å². The minimum Gasteiger partial charge on any atom is -0.454 e. The molecule has 0 spiro atoms. The normalized spacial score (nSPS) is 16.5. The number of thioether (sulfide) groups is 1. The Morgan fingerprint density at radius 2 is 1.92 bits per heavy atom. The van der Waals surface area contributed by atoms with E-state index in [4.69, 9.17) is 9.47 Å². The number of carbonyl (C=O) groups is 1. The molecule has 4 rings (SSSR count). The molecule has 136 valence electrons. The van der Waals surface area contributed by atoms with Gasteiger partial charge < -0.3 is 14.8 Å². The van der Waals surface area contributed by atoms with Gasteiger partial charge in [-0.25, -0.2) is 0 Å². The van der Waals surface area contributed by atoms with E-state index in [-0.39, 0.29) is 12.7 Å². The first-order chi connectivity index (χ1) is 12.7. The van der Waals surface area contributed by atoms with Crippen molar-refractivity contribution in [2.45, 2.75) is 13.5 Å². The van der Waals surface area contributed by atoms with Gasteiger partial charge in [0.2, 0.25) is 6.79 Å². The van der Waals surface area contributed by atoms with Crippen LogP contribution < -0.4 is 14.8 Å². The Bertz CT molecular complexity index is 819. The summed E-state index contributed by atoms with van der Waals surface area (Å²) in [5.74, 6) is 3.54. The van der Waals surface area contributed by atoms with E-state index in [1.807, 2.05) is 18.7 Å². The SMILES string of the molecule is Cc1ccc(CN2CCSCC2)cc1NC(=O)c1ccc2c(c1)OCO2. The lowest BCUT2D eigenvalue weighted by Gasteiger charge is -2.26. The summed E-state index contributed by atoms with van der Waals surface area (Å²) < 4.78 is 10.7. The first-order valence-corrected chi connectivity index (χ1v) is 9.95. The van der Waals surface area contributed by atoms with E-state index >= 15 is 0 Å². The van der Waals surface area contributed by atoms with Crippen LogP contribution in [-0.2, 0) is 6.54 Å². The molecule has 2 aromatic rings. The molecule has 2 aliphatic rings. The molecule has 1 N–H and O–H groups in total. The lowest BCUT2D eigenvalue weighted by Crippen LogP contribution is -2.32. The van der Waals surface area contributed by atoms with Crippen molar-refractivity contribution in [3.63, 3.8) is 0 Å². The summed E-state index contributed by atoms with van der Waals surface area (Å²) in [5.41, 5.74) is 3.70. The molecule has 0 saturated carbocycles. The number of benzene rings is 2. The number of hydrogen-bond donors (Lipinski definition) is 1. The highest BCUT2D eigenvalue weighted by atomic mass is 32.2. The zero-order valence-electron chi connectivity index (χ0n) is 14.8. The monoisotopic (exact) mass is 370 g/mol. The maximum Gasteiger partial charge on any atom is 0.255 e. The molecule has 1 amide bonds. The van der Waals surface area contributed by atoms with Gasteiger partial charge in [-0.2, -0.15) is 11.8 Å². The van der Waals surface area contributed by atoms with Crippen molar-refractivity contribution in [1.82, 2.24) is 4.90 Å². The third-order valence-electron chi connectivity index (χ3n) is 4.69. The maximum atomic E-state index is 12.6. The predicted octanol–water partition coefficient (Wildman–Crippen LogP) is 3.52. The molecule has 2 heterocycles. The molecular formula is C20H22N2O3S. The fourth-order valence-electron chi connectivity index (χ4n) is 3.15. The van der Waals surface area contributed by atoms with E-state index in [0.717, 1.165) is 30.9 Å². The van der Waals surface area contributed by atoms with Gasteiger partial charge in [-0.1, -0.05) is 12.1 Å². The summed E-state index contributed by atoms with van der Waals surface area (Å²) in [4.78, 5) is 15.1. The zero-order valence-corrected chi connectivity index (χ0v) is 15.6. The first kappa shape index (κ1) is 17.2. The quantitative estimate of drug-likeness (QED) is 0.892. The molecule has 2 aliphatic heterocycles. The highest BCUT2D eigenvalue weighted by molar-refractivity contribution is 7.99. The molecule has 0 atom stereocenters. The zero-order chi connectivity index (χ0) is 17.9. The number of nitrogens with one attached hydrogen (secondary N) is 1. The van der Waals surface area contributed by atoms with Gasteiger partial charge in [0, 0.05) is 42.4 Å². The lowest BCUT2D eigenvalue weighted by atomic mass is 10.1. The minimum atomic E-state index is -0.141. The third-order valence-corrected chi connectivity index (χ3v) is 5.64. The second-order valence-electron chi connectivity index (χ2n) is 6.56. The van der Waals surface area contributed by atoms with Crippen LogP contribution in [0, 0.1) is 6.92 Å². The van der Waals surface area contributed by atoms with E-state index in [1.54, 1.807) is 18.2 Å². The van der Waals surface area contributed by atoms with Crippen molar-refractivity contribution in [3.8, 4) is 11.5 Å². The van der Waals surface area contributed by atoms with Gasteiger partial charge in [0.05, 0.1) is 0 Å². The minimum absolute atomic E-state index is 0.141. The topological polar surface area (TPSA) is 50.8 Å². The molecule has 26 heavy (non-hydrogen) atoms. The van der Waals surface area contributed by atoms with Gasteiger partial charge in [0.25, 0.3) is 5.91 Å². The van der Waals surface area contributed by atoms with E-state index in [9.17, 15) is 4.79 Å². The van der Waals surface area contributed by atoms with Crippen LogP contribution in [-0.4, -0.2) is 42.2 Å². The number of anilines is 1. The van der Waals surface area contributed by atoms with Crippen LogP contribution in [0.4, 0.5) is 5.69 Å². The summed E-state index contributed by atoms with van der Waals surface area (Å²) in [6.07, 6.45) is 0. The van der Waals surface area contributed by atoms with Gasteiger partial charge >= 0.3 is 0 Å². The van der Waals surface area contributed by atoms with Gasteiger partial charge in [-0.3, -0.25) is 9.69 Å².